The molecule has 3 atom stereocenters. The predicted octanol–water partition coefficient (Wildman–Crippen LogP) is 2.03. The molecule has 2 saturated carbocycles. The number of nitrogens with zero attached hydrogens (tertiary/aromatic N) is 2. The molecule has 3 rings (SSSR count). The van der Waals surface area contributed by atoms with Crippen molar-refractivity contribution < 1.29 is 0 Å². The Morgan fingerprint density at radius 3 is 2.89 bits per heavy atom. The van der Waals surface area contributed by atoms with E-state index in [0.29, 0.717) is 0 Å². The first-order valence-corrected chi connectivity index (χ1v) is 7.06. The minimum atomic E-state index is 0.237. The topological polar surface area (TPSA) is 42.2 Å². The molecule has 2 bridgehead atoms. The Bertz CT molecular complexity index is 405. The molecule has 0 spiro atoms. The molecular formula is C15H23N3. The van der Waals surface area contributed by atoms with Gasteiger partial charge < -0.3 is 5.73 Å². The molecule has 2 aliphatic carbocycles. The highest BCUT2D eigenvalue weighted by Crippen LogP contribution is 2.52. The molecule has 3 nitrogen and oxygen atoms in total. The molecule has 3 unspecified atom stereocenters. The van der Waals surface area contributed by atoms with Crippen LogP contribution in [0.5, 0.6) is 0 Å². The second kappa shape index (κ2) is 4.63. The zero-order chi connectivity index (χ0) is 12.6. The van der Waals surface area contributed by atoms with Crippen LogP contribution in [-0.2, 0) is 6.54 Å². The number of likely N-dealkylation sites (N-methyl/N-ethyl adjacent to an activating group) is 1. The molecule has 98 valence electrons. The summed E-state index contributed by atoms with van der Waals surface area (Å²) in [6, 6.07) is 6.14. The van der Waals surface area contributed by atoms with Crippen LogP contribution in [0.4, 0.5) is 0 Å². The predicted molar refractivity (Wildman–Crippen MR) is 72.9 cm³/mol. The summed E-state index contributed by atoms with van der Waals surface area (Å²) < 4.78 is 0. The number of rotatable bonds is 4. The van der Waals surface area contributed by atoms with Gasteiger partial charge in [0, 0.05) is 24.8 Å². The summed E-state index contributed by atoms with van der Waals surface area (Å²) in [5.74, 6) is 1.73. The van der Waals surface area contributed by atoms with Crippen LogP contribution in [0.15, 0.2) is 24.4 Å². The Labute approximate surface area is 109 Å². The minimum absolute atomic E-state index is 0.237. The molecular weight excluding hydrogens is 222 g/mol. The molecule has 1 aromatic heterocycles. The second-order valence-electron chi connectivity index (χ2n) is 6.06. The molecule has 1 aromatic rings. The Morgan fingerprint density at radius 1 is 1.44 bits per heavy atom. The third-order valence-electron chi connectivity index (χ3n) is 5.18. The van der Waals surface area contributed by atoms with Gasteiger partial charge in [-0.25, -0.2) is 0 Å². The quantitative estimate of drug-likeness (QED) is 0.882. The van der Waals surface area contributed by atoms with Crippen LogP contribution in [0.2, 0.25) is 0 Å². The van der Waals surface area contributed by atoms with E-state index in [0.717, 1.165) is 30.6 Å². The Kier molecular flexibility index (Phi) is 3.12. The summed E-state index contributed by atoms with van der Waals surface area (Å²) in [6.07, 6.45) is 7.35. The fourth-order valence-electron chi connectivity index (χ4n) is 4.18. The van der Waals surface area contributed by atoms with E-state index in [1.54, 1.807) is 0 Å². The smallest absolute Gasteiger partial charge is 0.0544 e. The third-order valence-corrected chi connectivity index (χ3v) is 5.18. The largest absolute Gasteiger partial charge is 0.329 e. The Hall–Kier alpha value is -0.930. The highest BCUT2D eigenvalue weighted by atomic mass is 15.2. The number of pyridine rings is 1. The normalized spacial score (nSPS) is 34.4. The summed E-state index contributed by atoms with van der Waals surface area (Å²) in [6.45, 7) is 1.71. The van der Waals surface area contributed by atoms with Crippen LogP contribution in [0, 0.1) is 11.8 Å². The van der Waals surface area contributed by atoms with Crippen molar-refractivity contribution in [3.05, 3.63) is 30.1 Å². The van der Waals surface area contributed by atoms with Gasteiger partial charge in [0.05, 0.1) is 5.69 Å². The van der Waals surface area contributed by atoms with Gasteiger partial charge in [-0.1, -0.05) is 12.5 Å². The molecule has 0 amide bonds. The van der Waals surface area contributed by atoms with Gasteiger partial charge in [-0.2, -0.15) is 0 Å². The van der Waals surface area contributed by atoms with Gasteiger partial charge in [0.1, 0.15) is 0 Å². The zero-order valence-electron chi connectivity index (χ0n) is 11.2. The van der Waals surface area contributed by atoms with Crippen molar-refractivity contribution in [2.45, 2.75) is 37.8 Å². The molecule has 0 aliphatic heterocycles. The standard InChI is InChI=1S/C15H23N3/c1-18(10-14-4-2-3-7-17-14)15(11-16)9-12-5-6-13(15)8-12/h2-4,7,12-13H,5-6,8-11,16H2,1H3. The fourth-order valence-corrected chi connectivity index (χ4v) is 4.18. The van der Waals surface area contributed by atoms with Crippen molar-refractivity contribution in [3.8, 4) is 0 Å². The van der Waals surface area contributed by atoms with E-state index in [1.165, 1.54) is 25.7 Å². The summed E-state index contributed by atoms with van der Waals surface area (Å²) in [4.78, 5) is 6.91. The summed E-state index contributed by atoms with van der Waals surface area (Å²) in [5.41, 5.74) is 7.53. The molecule has 0 saturated heterocycles. The van der Waals surface area contributed by atoms with Crippen LogP contribution in [0.25, 0.3) is 0 Å². The molecule has 18 heavy (non-hydrogen) atoms. The first-order chi connectivity index (χ1) is 8.74. The molecule has 2 aliphatic rings. The maximum Gasteiger partial charge on any atom is 0.0544 e. The third kappa shape index (κ3) is 1.86. The van der Waals surface area contributed by atoms with E-state index < -0.39 is 0 Å². The molecule has 2 N–H and O–H groups in total. The van der Waals surface area contributed by atoms with Crippen molar-refractivity contribution in [2.75, 3.05) is 13.6 Å². The van der Waals surface area contributed by atoms with Crippen molar-refractivity contribution >= 4 is 0 Å². The Morgan fingerprint density at radius 2 is 2.33 bits per heavy atom. The zero-order valence-corrected chi connectivity index (χ0v) is 11.2. The minimum Gasteiger partial charge on any atom is -0.329 e. The van der Waals surface area contributed by atoms with Gasteiger partial charge in [-0.3, -0.25) is 9.88 Å². The van der Waals surface area contributed by atoms with E-state index in [9.17, 15) is 0 Å². The average molecular weight is 245 g/mol. The number of hydrogen-bond donors (Lipinski definition) is 1. The number of nitrogens with two attached hydrogens (primary N) is 1. The van der Waals surface area contributed by atoms with Crippen LogP contribution in [0.1, 0.15) is 31.4 Å². The molecule has 3 heteroatoms. The van der Waals surface area contributed by atoms with Gasteiger partial charge in [0.15, 0.2) is 0 Å². The average Bonchev–Trinajstić information content (AvgIpc) is 3.00. The first kappa shape index (κ1) is 12.1. The van der Waals surface area contributed by atoms with Crippen LogP contribution in [0.3, 0.4) is 0 Å². The van der Waals surface area contributed by atoms with Crippen molar-refractivity contribution in [3.63, 3.8) is 0 Å². The molecule has 0 aromatic carbocycles. The number of aromatic nitrogens is 1. The van der Waals surface area contributed by atoms with Gasteiger partial charge >= 0.3 is 0 Å². The highest BCUT2D eigenvalue weighted by Gasteiger charge is 2.52. The molecule has 2 fully saturated rings. The van der Waals surface area contributed by atoms with Gasteiger partial charge in [0.2, 0.25) is 0 Å². The maximum atomic E-state index is 6.15. The summed E-state index contributed by atoms with van der Waals surface area (Å²) in [5, 5.41) is 0. The van der Waals surface area contributed by atoms with Gasteiger partial charge in [0.25, 0.3) is 0 Å². The van der Waals surface area contributed by atoms with Gasteiger partial charge in [-0.05, 0) is 50.3 Å². The molecule has 1 heterocycles. The van der Waals surface area contributed by atoms with Crippen LogP contribution >= 0.6 is 0 Å². The highest BCUT2D eigenvalue weighted by molar-refractivity contribution is 5.10. The second-order valence-corrected chi connectivity index (χ2v) is 6.06. The maximum absolute atomic E-state index is 6.15. The van der Waals surface area contributed by atoms with E-state index in [-0.39, 0.29) is 5.54 Å². The van der Waals surface area contributed by atoms with Crippen molar-refractivity contribution in [2.24, 2.45) is 17.6 Å². The van der Waals surface area contributed by atoms with Crippen molar-refractivity contribution in [1.82, 2.24) is 9.88 Å². The first-order valence-electron chi connectivity index (χ1n) is 7.06. The fraction of sp³-hybridized carbons (Fsp3) is 0.667. The van der Waals surface area contributed by atoms with E-state index in [1.807, 2.05) is 12.3 Å². The van der Waals surface area contributed by atoms with Crippen molar-refractivity contribution in [1.29, 1.82) is 0 Å². The van der Waals surface area contributed by atoms with E-state index in [4.69, 9.17) is 5.73 Å². The van der Waals surface area contributed by atoms with Crippen LogP contribution < -0.4 is 5.73 Å². The lowest BCUT2D eigenvalue weighted by Crippen LogP contribution is -2.55. The summed E-state index contributed by atoms with van der Waals surface area (Å²) >= 11 is 0. The van der Waals surface area contributed by atoms with E-state index in [2.05, 4.69) is 29.1 Å². The number of hydrogen-bond acceptors (Lipinski definition) is 3. The Balaban J connectivity index is 1.76. The van der Waals surface area contributed by atoms with E-state index >= 15 is 0 Å². The lowest BCUT2D eigenvalue weighted by molar-refractivity contribution is 0.0581. The number of fused-ring (bicyclic) bond motifs is 2. The SMILES string of the molecule is CN(Cc1ccccn1)C1(CN)CC2CCC1C2. The summed E-state index contributed by atoms with van der Waals surface area (Å²) in [7, 11) is 2.22. The van der Waals surface area contributed by atoms with Gasteiger partial charge in [-0.15, -0.1) is 0 Å². The lowest BCUT2D eigenvalue weighted by Gasteiger charge is -2.44. The van der Waals surface area contributed by atoms with Crippen LogP contribution in [-0.4, -0.2) is 29.0 Å². The lowest BCUT2D eigenvalue weighted by atomic mass is 9.79. The monoisotopic (exact) mass is 245 g/mol. The molecule has 0 radical (unpaired) electrons.